The van der Waals surface area contributed by atoms with Crippen LogP contribution in [-0.4, -0.2) is 18.3 Å². The standard InChI is InChI=1S/C24H46O2S/c1-2-3-4-5-6-7-8-9-10-11-12-13-14-15-16-17-18-19-20-21-24(25)26-22-23-27/h3-4,27H,2,5-23H2,1H3/b4-3+. The maximum absolute atomic E-state index is 11.3. The second kappa shape index (κ2) is 23.6. The van der Waals surface area contributed by atoms with Crippen molar-refractivity contribution in [2.45, 2.75) is 122 Å². The quantitative estimate of drug-likeness (QED) is 0.0915. The molecule has 0 atom stereocenters. The van der Waals surface area contributed by atoms with Gasteiger partial charge >= 0.3 is 5.97 Å². The number of ether oxygens (including phenoxy) is 1. The average molecular weight is 399 g/mol. The van der Waals surface area contributed by atoms with E-state index in [1.165, 1.54) is 96.3 Å². The van der Waals surface area contributed by atoms with Gasteiger partial charge in [-0.25, -0.2) is 0 Å². The summed E-state index contributed by atoms with van der Waals surface area (Å²) >= 11 is 4.03. The molecule has 0 bridgehead atoms. The van der Waals surface area contributed by atoms with Crippen LogP contribution < -0.4 is 0 Å². The van der Waals surface area contributed by atoms with Gasteiger partial charge in [0, 0.05) is 12.2 Å². The number of hydrogen-bond acceptors (Lipinski definition) is 3. The maximum atomic E-state index is 11.3. The fourth-order valence-corrected chi connectivity index (χ4v) is 3.44. The molecule has 160 valence electrons. The average Bonchev–Trinajstić information content (AvgIpc) is 2.68. The summed E-state index contributed by atoms with van der Waals surface area (Å²) in [7, 11) is 0. The Hall–Kier alpha value is -0.440. The van der Waals surface area contributed by atoms with Crippen molar-refractivity contribution in [3.05, 3.63) is 12.2 Å². The highest BCUT2D eigenvalue weighted by Crippen LogP contribution is 2.14. The second-order valence-corrected chi connectivity index (χ2v) is 8.11. The molecule has 0 N–H and O–H groups in total. The van der Waals surface area contributed by atoms with E-state index in [0.717, 1.165) is 12.8 Å². The van der Waals surface area contributed by atoms with Crippen molar-refractivity contribution in [2.24, 2.45) is 0 Å². The van der Waals surface area contributed by atoms with Crippen LogP contribution in [0.1, 0.15) is 122 Å². The molecule has 0 aliphatic heterocycles. The SMILES string of the molecule is CC/C=C/CCCCCCCCCCCCCCCCCC(=O)OCCS. The van der Waals surface area contributed by atoms with E-state index in [-0.39, 0.29) is 5.97 Å². The first kappa shape index (κ1) is 26.6. The smallest absolute Gasteiger partial charge is 0.305 e. The molecule has 0 unspecified atom stereocenters. The van der Waals surface area contributed by atoms with Gasteiger partial charge in [0.15, 0.2) is 0 Å². The van der Waals surface area contributed by atoms with Crippen molar-refractivity contribution in [2.75, 3.05) is 12.4 Å². The molecule has 0 fully saturated rings. The van der Waals surface area contributed by atoms with Crippen LogP contribution in [0.4, 0.5) is 0 Å². The number of thiol groups is 1. The molecule has 27 heavy (non-hydrogen) atoms. The number of unbranched alkanes of at least 4 members (excludes halogenated alkanes) is 15. The third kappa shape index (κ3) is 23.5. The number of carbonyl (C=O) groups excluding carboxylic acids is 1. The molecule has 0 radical (unpaired) electrons. The lowest BCUT2D eigenvalue weighted by Crippen LogP contribution is -2.06. The van der Waals surface area contributed by atoms with E-state index >= 15 is 0 Å². The van der Waals surface area contributed by atoms with Gasteiger partial charge in [0.2, 0.25) is 0 Å². The van der Waals surface area contributed by atoms with Gasteiger partial charge in [-0.3, -0.25) is 4.79 Å². The molecule has 0 aromatic carbocycles. The van der Waals surface area contributed by atoms with E-state index in [1.54, 1.807) is 0 Å². The molecule has 0 aliphatic carbocycles. The minimum atomic E-state index is -0.0619. The molecule has 0 saturated carbocycles. The Morgan fingerprint density at radius 1 is 0.704 bits per heavy atom. The van der Waals surface area contributed by atoms with Crippen molar-refractivity contribution in [1.29, 1.82) is 0 Å². The Balaban J connectivity index is 3.07. The van der Waals surface area contributed by atoms with Gasteiger partial charge in [0.25, 0.3) is 0 Å². The summed E-state index contributed by atoms with van der Waals surface area (Å²) in [5.41, 5.74) is 0. The Labute approximate surface area is 175 Å². The van der Waals surface area contributed by atoms with E-state index < -0.39 is 0 Å². The van der Waals surface area contributed by atoms with Crippen LogP contribution in [0.25, 0.3) is 0 Å². The summed E-state index contributed by atoms with van der Waals surface area (Å²) < 4.78 is 5.01. The van der Waals surface area contributed by atoms with E-state index in [4.69, 9.17) is 4.74 Å². The summed E-state index contributed by atoms with van der Waals surface area (Å²) in [6, 6.07) is 0. The topological polar surface area (TPSA) is 26.3 Å². The number of carbonyl (C=O) groups is 1. The highest BCUT2D eigenvalue weighted by Gasteiger charge is 2.01. The first-order valence-corrected chi connectivity index (χ1v) is 12.4. The van der Waals surface area contributed by atoms with Crippen LogP contribution in [0.3, 0.4) is 0 Å². The lowest BCUT2D eigenvalue weighted by molar-refractivity contribution is -0.143. The van der Waals surface area contributed by atoms with Crippen molar-refractivity contribution in [1.82, 2.24) is 0 Å². The van der Waals surface area contributed by atoms with Gasteiger partial charge in [-0.05, 0) is 25.7 Å². The monoisotopic (exact) mass is 398 g/mol. The summed E-state index contributed by atoms with van der Waals surface area (Å²) in [6.45, 7) is 2.64. The largest absolute Gasteiger partial charge is 0.465 e. The fourth-order valence-electron chi connectivity index (χ4n) is 3.35. The summed E-state index contributed by atoms with van der Waals surface area (Å²) in [5.74, 6) is 0.552. The van der Waals surface area contributed by atoms with E-state index in [2.05, 4.69) is 31.7 Å². The van der Waals surface area contributed by atoms with Gasteiger partial charge in [0.05, 0.1) is 0 Å². The molecule has 0 rings (SSSR count). The molecule has 0 heterocycles. The van der Waals surface area contributed by atoms with Gasteiger partial charge in [-0.1, -0.05) is 103 Å². The van der Waals surface area contributed by atoms with Crippen molar-refractivity contribution < 1.29 is 9.53 Å². The first-order chi connectivity index (χ1) is 13.3. The lowest BCUT2D eigenvalue weighted by Gasteiger charge is -2.04. The molecule has 0 aromatic heterocycles. The second-order valence-electron chi connectivity index (χ2n) is 7.67. The third-order valence-electron chi connectivity index (χ3n) is 5.01. The predicted molar refractivity (Wildman–Crippen MR) is 123 cm³/mol. The van der Waals surface area contributed by atoms with Crippen LogP contribution in [0, 0.1) is 0 Å². The molecular weight excluding hydrogens is 352 g/mol. The summed E-state index contributed by atoms with van der Waals surface area (Å²) in [5, 5.41) is 0. The zero-order valence-electron chi connectivity index (χ0n) is 18.1. The van der Waals surface area contributed by atoms with E-state index in [0.29, 0.717) is 18.8 Å². The van der Waals surface area contributed by atoms with E-state index in [9.17, 15) is 4.79 Å². The third-order valence-corrected chi connectivity index (χ3v) is 5.19. The zero-order chi connectivity index (χ0) is 19.8. The van der Waals surface area contributed by atoms with Gasteiger partial charge in [0.1, 0.15) is 6.61 Å². The molecule has 0 aliphatic rings. The minimum Gasteiger partial charge on any atom is -0.465 e. The summed E-state index contributed by atoms with van der Waals surface area (Å²) in [4.78, 5) is 11.3. The Morgan fingerprint density at radius 2 is 1.15 bits per heavy atom. The molecule has 0 amide bonds. The van der Waals surface area contributed by atoms with Crippen LogP contribution in [-0.2, 0) is 9.53 Å². The normalized spacial score (nSPS) is 11.3. The number of allylic oxidation sites excluding steroid dienone is 2. The fraction of sp³-hybridized carbons (Fsp3) is 0.875. The lowest BCUT2D eigenvalue weighted by atomic mass is 10.0. The molecular formula is C24H46O2S. The Kier molecular flexibility index (Phi) is 23.2. The van der Waals surface area contributed by atoms with Crippen molar-refractivity contribution >= 4 is 18.6 Å². The molecule has 0 aromatic rings. The highest BCUT2D eigenvalue weighted by atomic mass is 32.1. The highest BCUT2D eigenvalue weighted by molar-refractivity contribution is 7.80. The molecule has 0 saturated heterocycles. The molecule has 3 heteroatoms. The van der Waals surface area contributed by atoms with Crippen LogP contribution in [0.15, 0.2) is 12.2 Å². The Bertz CT molecular complexity index is 328. The van der Waals surface area contributed by atoms with Gasteiger partial charge in [-0.2, -0.15) is 12.6 Å². The number of esters is 1. The first-order valence-electron chi connectivity index (χ1n) is 11.7. The zero-order valence-corrected chi connectivity index (χ0v) is 19.0. The minimum absolute atomic E-state index is 0.0619. The predicted octanol–water partition coefficient (Wildman–Crippen LogP) is 8.06. The van der Waals surface area contributed by atoms with Gasteiger partial charge < -0.3 is 4.74 Å². The molecule has 0 spiro atoms. The van der Waals surface area contributed by atoms with Crippen molar-refractivity contribution in [3.63, 3.8) is 0 Å². The van der Waals surface area contributed by atoms with Crippen LogP contribution in [0.5, 0.6) is 0 Å². The maximum Gasteiger partial charge on any atom is 0.305 e. The Morgan fingerprint density at radius 3 is 1.59 bits per heavy atom. The number of hydrogen-bond donors (Lipinski definition) is 1. The van der Waals surface area contributed by atoms with Crippen LogP contribution in [0.2, 0.25) is 0 Å². The number of rotatable bonds is 21. The van der Waals surface area contributed by atoms with Crippen molar-refractivity contribution in [3.8, 4) is 0 Å². The van der Waals surface area contributed by atoms with Crippen LogP contribution >= 0.6 is 12.6 Å². The molecule has 2 nitrogen and oxygen atoms in total. The van der Waals surface area contributed by atoms with Gasteiger partial charge in [-0.15, -0.1) is 0 Å². The van der Waals surface area contributed by atoms with E-state index in [1.807, 2.05) is 0 Å². The summed E-state index contributed by atoms with van der Waals surface area (Å²) in [6.07, 6.45) is 27.8.